The molecular formula is C9H19N. The van der Waals surface area contributed by atoms with E-state index in [1.54, 1.807) is 0 Å². The standard InChI is InChI=1S/C9H19N/c1-4-9(3)6-7-10(5-2)8-9/h4-8H2,1-3H3. The lowest BCUT2D eigenvalue weighted by molar-refractivity contribution is 0.277. The van der Waals surface area contributed by atoms with Crippen molar-refractivity contribution in [2.24, 2.45) is 5.41 Å². The summed E-state index contributed by atoms with van der Waals surface area (Å²) in [6.07, 6.45) is 2.74. The number of nitrogens with zero attached hydrogens (tertiary/aromatic N) is 1. The van der Waals surface area contributed by atoms with Crippen LogP contribution in [0.3, 0.4) is 0 Å². The minimum Gasteiger partial charge on any atom is -0.303 e. The van der Waals surface area contributed by atoms with Crippen LogP contribution in [0.1, 0.15) is 33.6 Å². The molecule has 0 N–H and O–H groups in total. The summed E-state index contributed by atoms with van der Waals surface area (Å²) < 4.78 is 0. The smallest absolute Gasteiger partial charge is 0.00356 e. The molecule has 0 radical (unpaired) electrons. The molecule has 1 saturated heterocycles. The number of rotatable bonds is 2. The van der Waals surface area contributed by atoms with Crippen LogP contribution in [0.2, 0.25) is 0 Å². The summed E-state index contributed by atoms with van der Waals surface area (Å²) in [5.41, 5.74) is 0.635. The lowest BCUT2D eigenvalue weighted by Gasteiger charge is -2.21. The quantitative estimate of drug-likeness (QED) is 0.569. The monoisotopic (exact) mass is 141 g/mol. The molecule has 1 heteroatoms. The topological polar surface area (TPSA) is 3.24 Å². The van der Waals surface area contributed by atoms with E-state index < -0.39 is 0 Å². The molecule has 0 aromatic heterocycles. The number of hydrogen-bond acceptors (Lipinski definition) is 1. The Bertz CT molecular complexity index is 111. The highest BCUT2D eigenvalue weighted by atomic mass is 15.1. The lowest BCUT2D eigenvalue weighted by Crippen LogP contribution is -2.24. The van der Waals surface area contributed by atoms with Gasteiger partial charge in [-0.2, -0.15) is 0 Å². The SMILES string of the molecule is CCN1CCC(C)(CC)C1. The Kier molecular flexibility index (Phi) is 2.35. The van der Waals surface area contributed by atoms with Crippen molar-refractivity contribution in [3.05, 3.63) is 0 Å². The van der Waals surface area contributed by atoms with Gasteiger partial charge >= 0.3 is 0 Å². The van der Waals surface area contributed by atoms with Gasteiger partial charge in [0.05, 0.1) is 0 Å². The van der Waals surface area contributed by atoms with Crippen molar-refractivity contribution in [2.75, 3.05) is 19.6 Å². The Hall–Kier alpha value is -0.0400. The minimum atomic E-state index is 0.635. The van der Waals surface area contributed by atoms with E-state index in [9.17, 15) is 0 Å². The van der Waals surface area contributed by atoms with Crippen molar-refractivity contribution < 1.29 is 0 Å². The van der Waals surface area contributed by atoms with E-state index in [0.717, 1.165) is 0 Å². The van der Waals surface area contributed by atoms with Crippen molar-refractivity contribution in [2.45, 2.75) is 33.6 Å². The number of likely N-dealkylation sites (tertiary alicyclic amines) is 1. The Morgan fingerprint density at radius 1 is 1.40 bits per heavy atom. The second-order valence-electron chi connectivity index (χ2n) is 3.78. The van der Waals surface area contributed by atoms with Crippen LogP contribution in [0.25, 0.3) is 0 Å². The van der Waals surface area contributed by atoms with Gasteiger partial charge in [-0.15, -0.1) is 0 Å². The van der Waals surface area contributed by atoms with Crippen molar-refractivity contribution in [3.63, 3.8) is 0 Å². The molecule has 0 bridgehead atoms. The molecule has 0 aliphatic carbocycles. The highest BCUT2D eigenvalue weighted by Gasteiger charge is 2.30. The van der Waals surface area contributed by atoms with Crippen LogP contribution in [0.15, 0.2) is 0 Å². The molecule has 1 rings (SSSR count). The Morgan fingerprint density at radius 2 is 2.10 bits per heavy atom. The zero-order chi connectivity index (χ0) is 7.61. The summed E-state index contributed by atoms with van der Waals surface area (Å²) >= 11 is 0. The first-order valence-corrected chi connectivity index (χ1v) is 4.42. The van der Waals surface area contributed by atoms with Crippen molar-refractivity contribution in [1.29, 1.82) is 0 Å². The second-order valence-corrected chi connectivity index (χ2v) is 3.78. The first-order valence-electron chi connectivity index (χ1n) is 4.42. The van der Waals surface area contributed by atoms with Crippen LogP contribution in [0.4, 0.5) is 0 Å². The fourth-order valence-electron chi connectivity index (χ4n) is 1.68. The van der Waals surface area contributed by atoms with E-state index in [4.69, 9.17) is 0 Å². The van der Waals surface area contributed by atoms with Crippen LogP contribution in [0.5, 0.6) is 0 Å². The molecule has 1 unspecified atom stereocenters. The van der Waals surface area contributed by atoms with Gasteiger partial charge in [-0.1, -0.05) is 20.8 Å². The first-order chi connectivity index (χ1) is 4.70. The van der Waals surface area contributed by atoms with E-state index in [1.807, 2.05) is 0 Å². The molecule has 1 atom stereocenters. The first kappa shape index (κ1) is 8.06. The molecule has 1 aliphatic rings. The van der Waals surface area contributed by atoms with Crippen LogP contribution in [-0.4, -0.2) is 24.5 Å². The van der Waals surface area contributed by atoms with Gasteiger partial charge in [0.25, 0.3) is 0 Å². The van der Waals surface area contributed by atoms with Gasteiger partial charge in [0.2, 0.25) is 0 Å². The van der Waals surface area contributed by atoms with Gasteiger partial charge in [0.1, 0.15) is 0 Å². The summed E-state index contributed by atoms with van der Waals surface area (Å²) in [5.74, 6) is 0. The van der Waals surface area contributed by atoms with Crippen LogP contribution in [0, 0.1) is 5.41 Å². The zero-order valence-corrected chi connectivity index (χ0v) is 7.48. The van der Waals surface area contributed by atoms with Crippen LogP contribution >= 0.6 is 0 Å². The van der Waals surface area contributed by atoms with Gasteiger partial charge in [-0.05, 0) is 31.3 Å². The third-order valence-electron chi connectivity index (χ3n) is 2.94. The van der Waals surface area contributed by atoms with Crippen molar-refractivity contribution in [3.8, 4) is 0 Å². The van der Waals surface area contributed by atoms with Crippen molar-refractivity contribution in [1.82, 2.24) is 4.90 Å². The van der Waals surface area contributed by atoms with E-state index in [2.05, 4.69) is 25.7 Å². The molecule has 10 heavy (non-hydrogen) atoms. The summed E-state index contributed by atoms with van der Waals surface area (Å²) in [6.45, 7) is 10.8. The molecule has 1 heterocycles. The van der Waals surface area contributed by atoms with E-state index in [-0.39, 0.29) is 0 Å². The molecule has 0 amide bonds. The predicted molar refractivity (Wildman–Crippen MR) is 45.1 cm³/mol. The van der Waals surface area contributed by atoms with Crippen LogP contribution in [-0.2, 0) is 0 Å². The Morgan fingerprint density at radius 3 is 2.40 bits per heavy atom. The van der Waals surface area contributed by atoms with E-state index in [0.29, 0.717) is 5.41 Å². The maximum atomic E-state index is 2.55. The molecule has 60 valence electrons. The van der Waals surface area contributed by atoms with Gasteiger partial charge in [-0.25, -0.2) is 0 Å². The largest absolute Gasteiger partial charge is 0.303 e. The van der Waals surface area contributed by atoms with Crippen LogP contribution < -0.4 is 0 Å². The van der Waals surface area contributed by atoms with Gasteiger partial charge in [0, 0.05) is 6.54 Å². The summed E-state index contributed by atoms with van der Waals surface area (Å²) in [5, 5.41) is 0. The fraction of sp³-hybridized carbons (Fsp3) is 1.00. The highest BCUT2D eigenvalue weighted by Crippen LogP contribution is 2.32. The maximum Gasteiger partial charge on any atom is 0.00356 e. The average molecular weight is 141 g/mol. The molecule has 1 nitrogen and oxygen atoms in total. The summed E-state index contributed by atoms with van der Waals surface area (Å²) in [4.78, 5) is 2.55. The van der Waals surface area contributed by atoms with E-state index >= 15 is 0 Å². The number of hydrogen-bond donors (Lipinski definition) is 0. The average Bonchev–Trinajstić information content (AvgIpc) is 2.33. The summed E-state index contributed by atoms with van der Waals surface area (Å²) in [6, 6.07) is 0. The molecular weight excluding hydrogens is 122 g/mol. The van der Waals surface area contributed by atoms with Gasteiger partial charge in [0.15, 0.2) is 0 Å². The summed E-state index contributed by atoms with van der Waals surface area (Å²) in [7, 11) is 0. The highest BCUT2D eigenvalue weighted by molar-refractivity contribution is 4.84. The molecule has 0 spiro atoms. The zero-order valence-electron chi connectivity index (χ0n) is 7.48. The molecule has 0 saturated carbocycles. The third-order valence-corrected chi connectivity index (χ3v) is 2.94. The predicted octanol–water partition coefficient (Wildman–Crippen LogP) is 2.13. The molecule has 1 fully saturated rings. The minimum absolute atomic E-state index is 0.635. The van der Waals surface area contributed by atoms with Gasteiger partial charge < -0.3 is 4.90 Å². The second kappa shape index (κ2) is 2.91. The van der Waals surface area contributed by atoms with Gasteiger partial charge in [-0.3, -0.25) is 0 Å². The third kappa shape index (κ3) is 1.51. The maximum absolute atomic E-state index is 2.55. The normalized spacial score (nSPS) is 35.1. The fourth-order valence-corrected chi connectivity index (χ4v) is 1.68. The Balaban J connectivity index is 2.41. The molecule has 0 aromatic carbocycles. The Labute approximate surface area is 64.4 Å². The molecule has 1 aliphatic heterocycles. The lowest BCUT2D eigenvalue weighted by atomic mass is 9.87. The van der Waals surface area contributed by atoms with E-state index in [1.165, 1.54) is 32.5 Å². The van der Waals surface area contributed by atoms with Crippen molar-refractivity contribution >= 4 is 0 Å². The molecule has 0 aromatic rings.